The number of ether oxygens (including phenoxy) is 1. The van der Waals surface area contributed by atoms with E-state index < -0.39 is 17.6 Å². The maximum Gasteiger partial charge on any atom is 1.00 e. The molecule has 15 heteroatoms. The van der Waals surface area contributed by atoms with E-state index in [-0.39, 0.29) is 139 Å². The Kier molecular flexibility index (Phi) is 34.5. The van der Waals surface area contributed by atoms with Crippen LogP contribution in [0.25, 0.3) is 0 Å². The van der Waals surface area contributed by atoms with E-state index in [0.717, 1.165) is 17.7 Å². The molecule has 0 aromatic heterocycles. The van der Waals surface area contributed by atoms with Gasteiger partial charge >= 0.3 is 109 Å². The van der Waals surface area contributed by atoms with Gasteiger partial charge in [-0.05, 0) is 46.5 Å². The van der Waals surface area contributed by atoms with E-state index in [9.17, 15) is 18.4 Å². The van der Waals surface area contributed by atoms with Crippen molar-refractivity contribution in [2.75, 3.05) is 7.11 Å². The van der Waals surface area contributed by atoms with Gasteiger partial charge in [0, 0.05) is 25.0 Å². The summed E-state index contributed by atoms with van der Waals surface area (Å²) in [5, 5.41) is 26.5. The average Bonchev–Trinajstić information content (AvgIpc) is 3.50. The maximum absolute atomic E-state index is 13.4. The van der Waals surface area contributed by atoms with E-state index in [1.165, 1.54) is 24.8 Å². The molecule has 0 saturated carbocycles. The molecular formula is C38H41BrF2K2N4O6. The number of nitrogens with zero attached hydrogens (tertiary/aromatic N) is 3. The number of esters is 1. The van der Waals surface area contributed by atoms with Crippen LogP contribution in [0, 0.1) is 34.3 Å². The number of nitriles is 2. The molecule has 0 unspecified atom stereocenters. The maximum atomic E-state index is 13.4. The summed E-state index contributed by atoms with van der Waals surface area (Å²) < 4.78 is 31.0. The zero-order chi connectivity index (χ0) is 38.8. The van der Waals surface area contributed by atoms with Crippen molar-refractivity contribution in [1.29, 1.82) is 10.5 Å². The molecule has 53 heavy (non-hydrogen) atoms. The first kappa shape index (κ1) is 55.1. The fraction of sp³-hybridized carbons (Fsp3) is 0.237. The van der Waals surface area contributed by atoms with Crippen LogP contribution in [-0.2, 0) is 39.4 Å². The zero-order valence-electron chi connectivity index (χ0n) is 32.0. The number of carbonyl (C=O) groups is 3. The number of hydrogen-bond donors (Lipinski definition) is 1. The van der Waals surface area contributed by atoms with Gasteiger partial charge in [-0.15, -0.1) is 0 Å². The van der Waals surface area contributed by atoms with Crippen LogP contribution < -0.4 is 114 Å². The molecule has 0 radical (unpaired) electrons. The molecule has 2 N–H and O–H groups in total. The minimum atomic E-state index is -0.638. The van der Waals surface area contributed by atoms with E-state index in [1.807, 2.05) is 94.4 Å². The molecule has 0 aliphatic carbocycles. The molecular weight excluding hydrogens is 805 g/mol. The van der Waals surface area contributed by atoms with Crippen molar-refractivity contribution < 1.29 is 142 Å². The number of hydrogen-bond acceptors (Lipinski definition) is 9. The number of benzene rings is 4. The Hall–Kier alpha value is -2.20. The van der Waals surface area contributed by atoms with Crippen molar-refractivity contribution in [3.8, 4) is 12.1 Å². The van der Waals surface area contributed by atoms with Crippen LogP contribution in [0.5, 0.6) is 0 Å². The molecule has 5 rings (SSSR count). The molecule has 1 aliphatic heterocycles. The summed E-state index contributed by atoms with van der Waals surface area (Å²) in [4.78, 5) is 36.6. The predicted octanol–water partition coefficient (Wildman–Crippen LogP) is 0.985. The van der Waals surface area contributed by atoms with Gasteiger partial charge in [0.2, 0.25) is 0 Å². The minimum Gasteiger partial charge on any atom is -1.00 e. The van der Waals surface area contributed by atoms with Crippen molar-refractivity contribution >= 4 is 34.3 Å². The fourth-order valence-electron chi connectivity index (χ4n) is 4.31. The van der Waals surface area contributed by atoms with Crippen LogP contribution >= 0.6 is 15.9 Å². The van der Waals surface area contributed by atoms with Crippen molar-refractivity contribution in [3.63, 3.8) is 0 Å². The molecule has 10 nitrogen and oxygen atoms in total. The molecule has 1 amide bonds. The second kappa shape index (κ2) is 33.2. The van der Waals surface area contributed by atoms with Crippen molar-refractivity contribution in [2.45, 2.75) is 52.7 Å². The SMILES string of the molecule is CC.CC.COC(=O)c1c(C#N)cc(F)cc1CBr.N#Cc1cc(F)cc2c1C(=O)N(Cc1ccccc1)C2.NCc1ccccc1.O=CO[O-].[H-].[K+].[K+]. The summed E-state index contributed by atoms with van der Waals surface area (Å²) in [5.74, 6) is -1.87. The smallest absolute Gasteiger partial charge is 1.00 e. The first-order valence-electron chi connectivity index (χ1n) is 15.6. The van der Waals surface area contributed by atoms with Gasteiger partial charge in [0.15, 0.2) is 0 Å². The monoisotopic (exact) mass is 844 g/mol. The summed E-state index contributed by atoms with van der Waals surface area (Å²) in [6.07, 6.45) is 0. The normalized spacial score (nSPS) is 9.66. The molecule has 0 fully saturated rings. The summed E-state index contributed by atoms with van der Waals surface area (Å²) >= 11 is 3.12. The molecule has 0 saturated heterocycles. The van der Waals surface area contributed by atoms with Gasteiger partial charge in [-0.2, -0.15) is 10.5 Å². The van der Waals surface area contributed by atoms with Gasteiger partial charge < -0.3 is 26.9 Å². The number of nitrogens with two attached hydrogens (primary N) is 1. The van der Waals surface area contributed by atoms with Crippen molar-refractivity contribution in [2.24, 2.45) is 5.73 Å². The van der Waals surface area contributed by atoms with Crippen LogP contribution in [0.1, 0.15) is 83.2 Å². The third kappa shape index (κ3) is 19.3. The Morgan fingerprint density at radius 2 is 1.40 bits per heavy atom. The molecule has 4 aromatic rings. The average molecular weight is 846 g/mol. The van der Waals surface area contributed by atoms with E-state index in [2.05, 4.69) is 25.6 Å². The molecule has 4 aromatic carbocycles. The summed E-state index contributed by atoms with van der Waals surface area (Å²) in [5.41, 5.74) is 9.07. The van der Waals surface area contributed by atoms with Gasteiger partial charge in [-0.25, -0.2) is 13.6 Å². The molecule has 1 aliphatic rings. The fourth-order valence-corrected chi connectivity index (χ4v) is 4.75. The van der Waals surface area contributed by atoms with Gasteiger partial charge in [0.1, 0.15) is 23.8 Å². The quantitative estimate of drug-likeness (QED) is 0.0743. The van der Waals surface area contributed by atoms with Crippen molar-refractivity contribution in [3.05, 3.63) is 141 Å². The number of fused-ring (bicyclic) bond motifs is 1. The standard InChI is InChI=1S/C16H11FN2O.C10H7BrFNO2.C7H9N.2C2H6.CH2O3.2K.H/c17-14-6-12(8-18)15-13(7-14)10-19(16(15)20)9-11-4-2-1-3-5-11;1-15-10(14)9-6(4-11)2-8(12)3-7(9)5-13;8-6-7-4-2-1-3-5-7;2*1-2;2-1-4-3;;;/h1-7H,9-10H2;2-3H,4H2,1H3;1-5H,6,8H2;2*1-2H3;1,3H;;;/q;;;;;;2*+1;-1/p-1. The third-order valence-corrected chi connectivity index (χ3v) is 6.94. The number of carbonyl (C=O) groups excluding carboxylic acids is 3. The Labute approximate surface area is 405 Å². The predicted molar refractivity (Wildman–Crippen MR) is 192 cm³/mol. The molecule has 0 spiro atoms. The van der Waals surface area contributed by atoms with Crippen molar-refractivity contribution in [1.82, 2.24) is 4.90 Å². The summed E-state index contributed by atoms with van der Waals surface area (Å²) in [6.45, 7) is 9.26. The van der Waals surface area contributed by atoms with Gasteiger partial charge in [-0.3, -0.25) is 9.59 Å². The number of alkyl halides is 1. The second-order valence-electron chi connectivity index (χ2n) is 9.35. The third-order valence-electron chi connectivity index (χ3n) is 6.34. The summed E-state index contributed by atoms with van der Waals surface area (Å²) in [7, 11) is 1.21. The Balaban J connectivity index is -0.000000326. The Morgan fingerprint density at radius 1 is 0.925 bits per heavy atom. The molecule has 1 heterocycles. The van der Waals surface area contributed by atoms with Crippen LogP contribution in [-0.4, -0.2) is 30.4 Å². The number of halogens is 3. The van der Waals surface area contributed by atoms with Crippen LogP contribution in [0.3, 0.4) is 0 Å². The number of methoxy groups -OCH3 is 1. The Morgan fingerprint density at radius 3 is 1.81 bits per heavy atom. The topological polar surface area (TPSA) is 170 Å². The molecule has 0 bridgehead atoms. The van der Waals surface area contributed by atoms with E-state index in [4.69, 9.17) is 26.3 Å². The first-order valence-corrected chi connectivity index (χ1v) is 16.7. The van der Waals surface area contributed by atoms with E-state index >= 15 is 0 Å². The van der Waals surface area contributed by atoms with Gasteiger partial charge in [-0.1, -0.05) is 104 Å². The minimum absolute atomic E-state index is 0. The Bertz CT molecular complexity index is 1770. The second-order valence-corrected chi connectivity index (χ2v) is 9.91. The number of rotatable bonds is 6. The first-order chi connectivity index (χ1) is 24.7. The van der Waals surface area contributed by atoms with E-state index in [0.29, 0.717) is 36.3 Å². The van der Waals surface area contributed by atoms with Crippen LogP contribution in [0.2, 0.25) is 0 Å². The molecule has 0 atom stereocenters. The number of amides is 1. The van der Waals surface area contributed by atoms with Crippen LogP contribution in [0.15, 0.2) is 84.9 Å². The molecule has 272 valence electrons. The largest absolute Gasteiger partial charge is 1.00 e. The zero-order valence-corrected chi connectivity index (χ0v) is 38.8. The van der Waals surface area contributed by atoms with Gasteiger partial charge in [0.25, 0.3) is 12.4 Å². The summed E-state index contributed by atoms with van der Waals surface area (Å²) in [6, 6.07) is 27.9. The van der Waals surface area contributed by atoms with Crippen LogP contribution in [0.4, 0.5) is 8.78 Å². The van der Waals surface area contributed by atoms with Gasteiger partial charge in [0.05, 0.1) is 29.4 Å². The van der Waals surface area contributed by atoms with E-state index in [1.54, 1.807) is 11.0 Å².